The SMILES string of the molecule is COc1ccc2c(c1)OCC(CNC(=O)c1scc3c1OCCO3)C2. The van der Waals surface area contributed by atoms with E-state index < -0.39 is 0 Å². The summed E-state index contributed by atoms with van der Waals surface area (Å²) >= 11 is 1.35. The fourth-order valence-electron chi connectivity index (χ4n) is 3.01. The molecule has 1 unspecified atom stereocenters. The Kier molecular flexibility index (Phi) is 4.40. The van der Waals surface area contributed by atoms with E-state index in [0.29, 0.717) is 42.7 Å². The topological polar surface area (TPSA) is 66.0 Å². The van der Waals surface area contributed by atoms with Gasteiger partial charge in [-0.1, -0.05) is 6.07 Å². The van der Waals surface area contributed by atoms with E-state index in [1.165, 1.54) is 11.3 Å². The summed E-state index contributed by atoms with van der Waals surface area (Å²) in [6.45, 7) is 2.12. The fourth-order valence-corrected chi connectivity index (χ4v) is 3.86. The van der Waals surface area contributed by atoms with Gasteiger partial charge < -0.3 is 24.3 Å². The third kappa shape index (κ3) is 3.24. The summed E-state index contributed by atoms with van der Waals surface area (Å²) in [5.74, 6) is 2.97. The van der Waals surface area contributed by atoms with Crippen LogP contribution in [0.15, 0.2) is 23.6 Å². The van der Waals surface area contributed by atoms with Crippen LogP contribution in [0.2, 0.25) is 0 Å². The van der Waals surface area contributed by atoms with Crippen molar-refractivity contribution in [1.29, 1.82) is 0 Å². The molecule has 0 saturated heterocycles. The van der Waals surface area contributed by atoms with Crippen LogP contribution in [0.4, 0.5) is 0 Å². The van der Waals surface area contributed by atoms with Crippen molar-refractivity contribution in [3.63, 3.8) is 0 Å². The lowest BCUT2D eigenvalue weighted by Gasteiger charge is -2.25. The number of carbonyl (C=O) groups excluding carboxylic acids is 1. The number of fused-ring (bicyclic) bond motifs is 2. The van der Waals surface area contributed by atoms with Gasteiger partial charge in [-0.25, -0.2) is 0 Å². The summed E-state index contributed by atoms with van der Waals surface area (Å²) in [5, 5.41) is 4.81. The van der Waals surface area contributed by atoms with Gasteiger partial charge in [0.2, 0.25) is 0 Å². The van der Waals surface area contributed by atoms with Gasteiger partial charge in [0.25, 0.3) is 5.91 Å². The highest BCUT2D eigenvalue weighted by molar-refractivity contribution is 7.12. The van der Waals surface area contributed by atoms with E-state index in [2.05, 4.69) is 5.32 Å². The van der Waals surface area contributed by atoms with Crippen molar-refractivity contribution < 1.29 is 23.7 Å². The van der Waals surface area contributed by atoms with Crippen LogP contribution < -0.4 is 24.3 Å². The highest BCUT2D eigenvalue weighted by Crippen LogP contribution is 2.39. The monoisotopic (exact) mass is 361 g/mol. The maximum Gasteiger partial charge on any atom is 0.265 e. The van der Waals surface area contributed by atoms with Gasteiger partial charge in [-0.3, -0.25) is 4.79 Å². The number of methoxy groups -OCH3 is 1. The first-order valence-corrected chi connectivity index (χ1v) is 9.07. The van der Waals surface area contributed by atoms with Crippen LogP contribution in [0.3, 0.4) is 0 Å². The molecule has 1 atom stereocenters. The highest BCUT2D eigenvalue weighted by Gasteiger charge is 2.25. The van der Waals surface area contributed by atoms with E-state index in [4.69, 9.17) is 18.9 Å². The van der Waals surface area contributed by atoms with Crippen molar-refractivity contribution in [2.24, 2.45) is 5.92 Å². The maximum absolute atomic E-state index is 12.5. The highest BCUT2D eigenvalue weighted by atomic mass is 32.1. The Morgan fingerprint density at radius 3 is 3.04 bits per heavy atom. The van der Waals surface area contributed by atoms with E-state index in [9.17, 15) is 4.79 Å². The Bertz CT molecular complexity index is 788. The number of benzene rings is 1. The Balaban J connectivity index is 1.37. The molecule has 0 fully saturated rings. The van der Waals surface area contributed by atoms with Gasteiger partial charge in [-0.15, -0.1) is 11.3 Å². The molecule has 0 spiro atoms. The molecule has 0 bridgehead atoms. The third-order valence-electron chi connectivity index (χ3n) is 4.32. The molecule has 1 aromatic carbocycles. The molecule has 2 aliphatic heterocycles. The molecule has 0 radical (unpaired) electrons. The van der Waals surface area contributed by atoms with Crippen molar-refractivity contribution in [2.45, 2.75) is 6.42 Å². The Morgan fingerprint density at radius 1 is 1.28 bits per heavy atom. The van der Waals surface area contributed by atoms with Crippen molar-refractivity contribution in [3.05, 3.63) is 34.0 Å². The molecule has 6 nitrogen and oxygen atoms in total. The van der Waals surface area contributed by atoms with E-state index in [1.54, 1.807) is 7.11 Å². The fraction of sp³-hybridized carbons (Fsp3) is 0.389. The van der Waals surface area contributed by atoms with Crippen molar-refractivity contribution in [1.82, 2.24) is 5.32 Å². The molecule has 2 aromatic rings. The van der Waals surface area contributed by atoms with Crippen molar-refractivity contribution in [3.8, 4) is 23.0 Å². The number of amides is 1. The van der Waals surface area contributed by atoms with E-state index >= 15 is 0 Å². The van der Waals surface area contributed by atoms with Gasteiger partial charge in [-0.05, 0) is 18.1 Å². The first-order valence-electron chi connectivity index (χ1n) is 8.19. The van der Waals surface area contributed by atoms with Gasteiger partial charge in [0.05, 0.1) is 13.7 Å². The minimum absolute atomic E-state index is 0.128. The van der Waals surface area contributed by atoms with Crippen LogP contribution in [-0.4, -0.2) is 39.4 Å². The maximum atomic E-state index is 12.5. The average molecular weight is 361 g/mol. The van der Waals surface area contributed by atoms with Gasteiger partial charge in [-0.2, -0.15) is 0 Å². The predicted molar refractivity (Wildman–Crippen MR) is 93.3 cm³/mol. The van der Waals surface area contributed by atoms with Crippen molar-refractivity contribution >= 4 is 17.2 Å². The number of carbonyl (C=O) groups is 1. The van der Waals surface area contributed by atoms with E-state index in [0.717, 1.165) is 23.5 Å². The lowest BCUT2D eigenvalue weighted by Crippen LogP contribution is -2.34. The zero-order valence-electron chi connectivity index (χ0n) is 13.9. The Hall–Kier alpha value is -2.41. The molecule has 132 valence electrons. The third-order valence-corrected chi connectivity index (χ3v) is 5.25. The van der Waals surface area contributed by atoms with E-state index in [-0.39, 0.29) is 11.8 Å². The minimum Gasteiger partial charge on any atom is -0.497 e. The quantitative estimate of drug-likeness (QED) is 0.906. The summed E-state index contributed by atoms with van der Waals surface area (Å²) in [7, 11) is 1.64. The van der Waals surface area contributed by atoms with Crippen LogP contribution >= 0.6 is 11.3 Å². The first-order chi connectivity index (χ1) is 12.2. The molecule has 0 saturated carbocycles. The van der Waals surface area contributed by atoms with Crippen LogP contribution in [0.25, 0.3) is 0 Å². The van der Waals surface area contributed by atoms with Gasteiger partial charge in [0, 0.05) is 23.9 Å². The van der Waals surface area contributed by atoms with Gasteiger partial charge >= 0.3 is 0 Å². The predicted octanol–water partition coefficient (Wildman–Crippen LogP) is 2.51. The average Bonchev–Trinajstić information content (AvgIpc) is 3.09. The molecule has 1 N–H and O–H groups in total. The second kappa shape index (κ2) is 6.84. The lowest BCUT2D eigenvalue weighted by atomic mass is 9.96. The summed E-state index contributed by atoms with van der Waals surface area (Å²) < 4.78 is 22.1. The molecular formula is C18H19NO5S. The molecule has 4 rings (SSSR count). The smallest absolute Gasteiger partial charge is 0.265 e. The summed E-state index contributed by atoms with van der Waals surface area (Å²) in [6, 6.07) is 5.85. The number of nitrogens with one attached hydrogen (secondary N) is 1. The first kappa shape index (κ1) is 16.1. The second-order valence-electron chi connectivity index (χ2n) is 6.02. The molecule has 1 aromatic heterocycles. The molecule has 1 amide bonds. The molecule has 25 heavy (non-hydrogen) atoms. The van der Waals surface area contributed by atoms with Crippen LogP contribution in [0.1, 0.15) is 15.2 Å². The number of hydrogen-bond acceptors (Lipinski definition) is 6. The van der Waals surface area contributed by atoms with Crippen LogP contribution in [0, 0.1) is 5.92 Å². The summed E-state index contributed by atoms with van der Waals surface area (Å²) in [5.41, 5.74) is 1.14. The number of ether oxygens (including phenoxy) is 4. The molecular weight excluding hydrogens is 342 g/mol. The van der Waals surface area contributed by atoms with Gasteiger partial charge in [0.15, 0.2) is 11.5 Å². The van der Waals surface area contributed by atoms with E-state index in [1.807, 2.05) is 23.6 Å². The normalized spacial score (nSPS) is 18.0. The Morgan fingerprint density at radius 2 is 2.16 bits per heavy atom. The minimum atomic E-state index is -0.128. The number of hydrogen-bond donors (Lipinski definition) is 1. The van der Waals surface area contributed by atoms with Crippen molar-refractivity contribution in [2.75, 3.05) is 33.5 Å². The zero-order chi connectivity index (χ0) is 17.2. The zero-order valence-corrected chi connectivity index (χ0v) is 14.7. The molecule has 3 heterocycles. The number of thiophene rings is 1. The number of rotatable bonds is 4. The van der Waals surface area contributed by atoms with Gasteiger partial charge in [0.1, 0.15) is 29.6 Å². The Labute approximate surface area is 149 Å². The standard InChI is InChI=1S/C18H19NO5S/c1-21-13-3-2-12-6-11(9-24-14(12)7-13)8-19-18(20)17-16-15(10-25-17)22-4-5-23-16/h2-3,7,10-11H,4-6,8-9H2,1H3,(H,19,20). The largest absolute Gasteiger partial charge is 0.497 e. The molecule has 2 aliphatic rings. The summed E-state index contributed by atoms with van der Waals surface area (Å²) in [4.78, 5) is 13.0. The molecule has 0 aliphatic carbocycles. The lowest BCUT2D eigenvalue weighted by molar-refractivity contribution is 0.0934. The second-order valence-corrected chi connectivity index (χ2v) is 6.90. The molecule has 7 heteroatoms. The van der Waals surface area contributed by atoms with Crippen LogP contribution in [-0.2, 0) is 6.42 Å². The van der Waals surface area contributed by atoms with Crippen LogP contribution in [0.5, 0.6) is 23.0 Å². The summed E-state index contributed by atoms with van der Waals surface area (Å²) in [6.07, 6.45) is 0.863.